The fourth-order valence-corrected chi connectivity index (χ4v) is 3.30. The summed E-state index contributed by atoms with van der Waals surface area (Å²) >= 11 is 0. The summed E-state index contributed by atoms with van der Waals surface area (Å²) in [5.74, 6) is 1.52. The number of aromatic nitrogens is 3. The van der Waals surface area contributed by atoms with Crippen LogP contribution in [0.1, 0.15) is 42.0 Å². The fourth-order valence-electron chi connectivity index (χ4n) is 3.30. The summed E-state index contributed by atoms with van der Waals surface area (Å²) in [5, 5.41) is 12.8. The first-order valence-corrected chi connectivity index (χ1v) is 10.6. The molecule has 0 fully saturated rings. The van der Waals surface area contributed by atoms with Crippen molar-refractivity contribution in [2.75, 3.05) is 7.11 Å². The van der Waals surface area contributed by atoms with Crippen molar-refractivity contribution in [2.24, 2.45) is 5.92 Å². The van der Waals surface area contributed by atoms with Crippen molar-refractivity contribution in [3.8, 4) is 17.1 Å². The van der Waals surface area contributed by atoms with E-state index in [2.05, 4.69) is 25.8 Å². The van der Waals surface area contributed by atoms with Crippen molar-refractivity contribution in [3.05, 3.63) is 65.5 Å². The van der Waals surface area contributed by atoms with Crippen LogP contribution in [0.5, 0.6) is 5.75 Å². The number of rotatable bonds is 9. The van der Waals surface area contributed by atoms with Gasteiger partial charge in [-0.2, -0.15) is 5.10 Å². The second-order valence-corrected chi connectivity index (χ2v) is 8.02. The summed E-state index contributed by atoms with van der Waals surface area (Å²) in [6, 6.07) is 14.1. The first kappa shape index (κ1) is 23.0. The number of carbonyl (C=O) groups excluding carboxylic acids is 2. The average molecular weight is 436 g/mol. The van der Waals surface area contributed by atoms with E-state index >= 15 is 0 Å². The number of H-pyrrole nitrogens is 1. The van der Waals surface area contributed by atoms with E-state index in [-0.39, 0.29) is 24.3 Å². The lowest BCUT2D eigenvalue weighted by Crippen LogP contribution is -2.47. The Labute approximate surface area is 187 Å². The highest BCUT2D eigenvalue weighted by atomic mass is 16.5. The molecular formula is C24H29N5O3. The first-order chi connectivity index (χ1) is 15.4. The molecule has 2 amide bonds. The average Bonchev–Trinajstić information content (AvgIpc) is 3.26. The number of nitrogens with zero attached hydrogens (tertiary/aromatic N) is 2. The van der Waals surface area contributed by atoms with Gasteiger partial charge in [0.1, 0.15) is 17.6 Å². The zero-order chi connectivity index (χ0) is 23.1. The molecule has 0 bridgehead atoms. The van der Waals surface area contributed by atoms with Crippen LogP contribution in [0.25, 0.3) is 11.4 Å². The Kier molecular flexibility index (Phi) is 7.59. The van der Waals surface area contributed by atoms with Gasteiger partial charge < -0.3 is 15.4 Å². The predicted octanol–water partition coefficient (Wildman–Crippen LogP) is 3.25. The molecule has 0 spiro atoms. The van der Waals surface area contributed by atoms with E-state index in [9.17, 15) is 9.59 Å². The maximum absolute atomic E-state index is 12.8. The lowest BCUT2D eigenvalue weighted by molar-refractivity contribution is -0.123. The number of nitrogens with one attached hydrogen (secondary N) is 3. The van der Waals surface area contributed by atoms with Gasteiger partial charge >= 0.3 is 0 Å². The van der Waals surface area contributed by atoms with Crippen LogP contribution in [0.4, 0.5) is 0 Å². The Morgan fingerprint density at radius 1 is 1.09 bits per heavy atom. The Balaban J connectivity index is 1.63. The van der Waals surface area contributed by atoms with E-state index < -0.39 is 6.04 Å². The molecule has 3 N–H and O–H groups in total. The van der Waals surface area contributed by atoms with Gasteiger partial charge in [-0.25, -0.2) is 4.98 Å². The molecule has 8 nitrogen and oxygen atoms in total. The van der Waals surface area contributed by atoms with Crippen molar-refractivity contribution >= 4 is 11.8 Å². The number of amides is 2. The van der Waals surface area contributed by atoms with Gasteiger partial charge in [-0.3, -0.25) is 14.7 Å². The van der Waals surface area contributed by atoms with Crippen LogP contribution in [-0.2, 0) is 11.3 Å². The zero-order valence-electron chi connectivity index (χ0n) is 18.8. The van der Waals surface area contributed by atoms with Crippen molar-refractivity contribution in [1.29, 1.82) is 0 Å². The summed E-state index contributed by atoms with van der Waals surface area (Å²) in [4.78, 5) is 30.0. The van der Waals surface area contributed by atoms with Crippen LogP contribution in [0.3, 0.4) is 0 Å². The summed E-state index contributed by atoms with van der Waals surface area (Å²) in [6.07, 6.45) is 0.525. The van der Waals surface area contributed by atoms with Crippen molar-refractivity contribution < 1.29 is 14.3 Å². The third-order valence-electron chi connectivity index (χ3n) is 5.03. The van der Waals surface area contributed by atoms with E-state index in [1.165, 1.54) is 0 Å². The van der Waals surface area contributed by atoms with Crippen LogP contribution in [0.2, 0.25) is 0 Å². The number of benzene rings is 2. The van der Waals surface area contributed by atoms with E-state index in [0.717, 1.165) is 16.9 Å². The first-order valence-electron chi connectivity index (χ1n) is 10.6. The maximum atomic E-state index is 12.8. The highest BCUT2D eigenvalue weighted by Crippen LogP contribution is 2.19. The molecule has 0 radical (unpaired) electrons. The molecule has 0 aliphatic heterocycles. The number of methoxy groups -OCH3 is 1. The quantitative estimate of drug-likeness (QED) is 0.478. The van der Waals surface area contributed by atoms with Gasteiger partial charge in [-0.05, 0) is 55.2 Å². The molecule has 3 aromatic rings. The van der Waals surface area contributed by atoms with Crippen LogP contribution < -0.4 is 15.4 Å². The minimum absolute atomic E-state index is 0.177. The van der Waals surface area contributed by atoms with Crippen LogP contribution in [0, 0.1) is 12.8 Å². The Morgan fingerprint density at radius 3 is 2.47 bits per heavy atom. The molecule has 8 heteroatoms. The SMILES string of the molecule is COc1ccc(-c2n[nH]c(CNC(=O)C(CC(C)C)NC(=O)c3ccccc3C)n2)cc1. The van der Waals surface area contributed by atoms with Gasteiger partial charge in [0.2, 0.25) is 5.91 Å². The molecule has 168 valence electrons. The molecule has 32 heavy (non-hydrogen) atoms. The van der Waals surface area contributed by atoms with E-state index in [1.54, 1.807) is 13.2 Å². The standard InChI is InChI=1S/C24H29N5O3/c1-15(2)13-20(26-23(30)19-8-6-5-7-16(19)3)24(31)25-14-21-27-22(29-28-21)17-9-11-18(32-4)12-10-17/h5-12,15,20H,13-14H2,1-4H3,(H,25,31)(H,26,30)(H,27,28,29). The smallest absolute Gasteiger partial charge is 0.252 e. The van der Waals surface area contributed by atoms with E-state index in [1.807, 2.05) is 63.2 Å². The number of hydrogen-bond donors (Lipinski definition) is 3. The summed E-state index contributed by atoms with van der Waals surface area (Å²) in [6.45, 7) is 6.07. The molecule has 0 saturated heterocycles. The second kappa shape index (κ2) is 10.6. The van der Waals surface area contributed by atoms with Crippen molar-refractivity contribution in [1.82, 2.24) is 25.8 Å². The predicted molar refractivity (Wildman–Crippen MR) is 122 cm³/mol. The lowest BCUT2D eigenvalue weighted by Gasteiger charge is -2.20. The molecule has 0 aliphatic carbocycles. The largest absolute Gasteiger partial charge is 0.497 e. The lowest BCUT2D eigenvalue weighted by atomic mass is 10.0. The molecule has 1 aromatic heterocycles. The van der Waals surface area contributed by atoms with Crippen molar-refractivity contribution in [2.45, 2.75) is 39.8 Å². The van der Waals surface area contributed by atoms with Crippen molar-refractivity contribution in [3.63, 3.8) is 0 Å². The third-order valence-corrected chi connectivity index (χ3v) is 5.03. The molecule has 2 aromatic carbocycles. The number of aryl methyl sites for hydroxylation is 1. The number of hydrogen-bond acceptors (Lipinski definition) is 5. The van der Waals surface area contributed by atoms with Crippen LogP contribution in [-0.4, -0.2) is 40.1 Å². The minimum Gasteiger partial charge on any atom is -0.497 e. The molecule has 1 unspecified atom stereocenters. The fraction of sp³-hybridized carbons (Fsp3) is 0.333. The summed E-state index contributed by atoms with van der Waals surface area (Å²) < 4.78 is 5.16. The molecule has 0 aliphatic rings. The van der Waals surface area contributed by atoms with Crippen LogP contribution >= 0.6 is 0 Å². The zero-order valence-corrected chi connectivity index (χ0v) is 18.8. The molecular weight excluding hydrogens is 406 g/mol. The maximum Gasteiger partial charge on any atom is 0.252 e. The minimum atomic E-state index is -0.647. The van der Waals surface area contributed by atoms with Gasteiger partial charge in [-0.15, -0.1) is 0 Å². The van der Waals surface area contributed by atoms with Gasteiger partial charge in [0.15, 0.2) is 5.82 Å². The Hall–Kier alpha value is -3.68. The van der Waals surface area contributed by atoms with Crippen LogP contribution in [0.15, 0.2) is 48.5 Å². The third kappa shape index (κ3) is 5.94. The van der Waals surface area contributed by atoms with Gasteiger partial charge in [0.05, 0.1) is 13.7 Å². The molecule has 0 saturated carbocycles. The number of carbonyl (C=O) groups is 2. The summed E-state index contributed by atoms with van der Waals surface area (Å²) in [5.41, 5.74) is 2.26. The monoisotopic (exact) mass is 435 g/mol. The molecule has 1 atom stereocenters. The van der Waals surface area contributed by atoms with Gasteiger partial charge in [0, 0.05) is 11.1 Å². The summed E-state index contributed by atoms with van der Waals surface area (Å²) in [7, 11) is 1.61. The Morgan fingerprint density at radius 2 is 1.81 bits per heavy atom. The van der Waals surface area contributed by atoms with Gasteiger partial charge in [-0.1, -0.05) is 32.0 Å². The van der Waals surface area contributed by atoms with E-state index in [0.29, 0.717) is 23.6 Å². The topological polar surface area (TPSA) is 109 Å². The van der Waals surface area contributed by atoms with E-state index in [4.69, 9.17) is 4.74 Å². The number of ether oxygens (including phenoxy) is 1. The normalized spacial score (nSPS) is 11.8. The molecule has 1 heterocycles. The highest BCUT2D eigenvalue weighted by Gasteiger charge is 2.23. The van der Waals surface area contributed by atoms with Gasteiger partial charge in [0.25, 0.3) is 5.91 Å². The molecule has 3 rings (SSSR count). The Bertz CT molecular complexity index is 1060. The number of aromatic amines is 1. The second-order valence-electron chi connectivity index (χ2n) is 8.02. The highest BCUT2D eigenvalue weighted by molar-refractivity contribution is 5.98.